The van der Waals surface area contributed by atoms with E-state index in [-0.39, 0.29) is 17.9 Å². The molecule has 2 fully saturated rings. The maximum Gasteiger partial charge on any atom is 0.223 e. The molecule has 0 radical (unpaired) electrons. The monoisotopic (exact) mass is 407 g/mol. The van der Waals surface area contributed by atoms with Gasteiger partial charge in [-0.15, -0.1) is 0 Å². The van der Waals surface area contributed by atoms with Crippen LogP contribution in [0.1, 0.15) is 55.0 Å². The highest BCUT2D eigenvalue weighted by molar-refractivity contribution is 5.79. The number of nitrogens with zero attached hydrogens (tertiary/aromatic N) is 2. The van der Waals surface area contributed by atoms with Gasteiger partial charge in [0.15, 0.2) is 0 Å². The number of hydrogen-bond donors (Lipinski definition) is 1. The lowest BCUT2D eigenvalue weighted by Crippen LogP contribution is -2.45. The first-order valence-electron chi connectivity index (χ1n) is 11.2. The van der Waals surface area contributed by atoms with Crippen LogP contribution in [0.4, 0.5) is 0 Å². The molecule has 1 saturated carbocycles. The van der Waals surface area contributed by atoms with Crippen molar-refractivity contribution in [3.8, 4) is 5.75 Å². The van der Waals surface area contributed by atoms with Crippen LogP contribution in [0.2, 0.25) is 0 Å². The Bertz CT molecular complexity index is 851. The van der Waals surface area contributed by atoms with Crippen LogP contribution in [0.25, 0.3) is 0 Å². The average Bonchev–Trinajstić information content (AvgIpc) is 2.72. The lowest BCUT2D eigenvalue weighted by Gasteiger charge is -2.38. The Morgan fingerprint density at radius 2 is 2.10 bits per heavy atom. The molecule has 5 heteroatoms. The second-order valence-electron chi connectivity index (χ2n) is 8.82. The zero-order valence-corrected chi connectivity index (χ0v) is 18.1. The number of pyridine rings is 1. The highest BCUT2D eigenvalue weighted by atomic mass is 16.5. The first kappa shape index (κ1) is 20.9. The van der Waals surface area contributed by atoms with E-state index in [4.69, 9.17) is 4.74 Å². The standard InChI is InChI=1S/C25H33N3O2/c1-18-11-12-23(30-2)21(15-18)17-28-14-6-9-20(16-28)24(22-10-3-4-13-26-22)27-25(29)19-7-5-8-19/h3-4,10-13,15,19-20,24H,5-9,14,16-17H2,1-2H3,(H,27,29)/t20-,24-/m0/s1. The number of nitrogens with one attached hydrogen (secondary N) is 1. The second-order valence-corrected chi connectivity index (χ2v) is 8.82. The van der Waals surface area contributed by atoms with Crippen molar-refractivity contribution in [2.75, 3.05) is 20.2 Å². The van der Waals surface area contributed by atoms with E-state index in [1.165, 1.54) is 17.5 Å². The zero-order valence-electron chi connectivity index (χ0n) is 18.1. The highest BCUT2D eigenvalue weighted by Crippen LogP contribution is 2.33. The Kier molecular flexibility index (Phi) is 6.68. The van der Waals surface area contributed by atoms with Crippen molar-refractivity contribution >= 4 is 5.91 Å². The van der Waals surface area contributed by atoms with Gasteiger partial charge in [-0.2, -0.15) is 0 Å². The Morgan fingerprint density at radius 1 is 1.23 bits per heavy atom. The predicted molar refractivity (Wildman–Crippen MR) is 118 cm³/mol. The van der Waals surface area contributed by atoms with E-state index in [1.54, 1.807) is 7.11 Å². The third-order valence-electron chi connectivity index (χ3n) is 6.62. The van der Waals surface area contributed by atoms with Gasteiger partial charge in [0.25, 0.3) is 0 Å². The molecular formula is C25H33N3O2. The molecule has 2 aromatic rings. The van der Waals surface area contributed by atoms with Crippen molar-refractivity contribution in [3.63, 3.8) is 0 Å². The van der Waals surface area contributed by atoms with Crippen LogP contribution in [-0.4, -0.2) is 36.0 Å². The van der Waals surface area contributed by atoms with E-state index in [0.29, 0.717) is 5.92 Å². The first-order chi connectivity index (χ1) is 14.6. The van der Waals surface area contributed by atoms with Gasteiger partial charge in [0.1, 0.15) is 5.75 Å². The van der Waals surface area contributed by atoms with E-state index in [1.807, 2.05) is 24.4 Å². The van der Waals surface area contributed by atoms with E-state index in [9.17, 15) is 4.79 Å². The van der Waals surface area contributed by atoms with Gasteiger partial charge in [-0.3, -0.25) is 14.7 Å². The van der Waals surface area contributed by atoms with Crippen molar-refractivity contribution in [3.05, 3.63) is 59.4 Å². The predicted octanol–water partition coefficient (Wildman–Crippen LogP) is 4.27. The summed E-state index contributed by atoms with van der Waals surface area (Å²) in [5, 5.41) is 3.37. The zero-order chi connectivity index (χ0) is 20.9. The number of carbonyl (C=O) groups is 1. The molecule has 1 N–H and O–H groups in total. The van der Waals surface area contributed by atoms with E-state index in [2.05, 4.69) is 40.3 Å². The Morgan fingerprint density at radius 3 is 2.80 bits per heavy atom. The summed E-state index contributed by atoms with van der Waals surface area (Å²) in [5.41, 5.74) is 3.45. The van der Waals surface area contributed by atoms with Gasteiger partial charge in [-0.1, -0.05) is 30.2 Å². The summed E-state index contributed by atoms with van der Waals surface area (Å²) in [6.07, 6.45) is 7.27. The fourth-order valence-electron chi connectivity index (χ4n) is 4.71. The molecule has 160 valence electrons. The van der Waals surface area contributed by atoms with Crippen molar-refractivity contribution in [2.45, 2.75) is 51.6 Å². The normalized spacial score (nSPS) is 20.9. The average molecular weight is 408 g/mol. The summed E-state index contributed by atoms with van der Waals surface area (Å²) in [6.45, 7) is 5.00. The highest BCUT2D eigenvalue weighted by Gasteiger charge is 2.33. The van der Waals surface area contributed by atoms with Crippen LogP contribution >= 0.6 is 0 Å². The van der Waals surface area contributed by atoms with Gasteiger partial charge < -0.3 is 10.1 Å². The first-order valence-corrected chi connectivity index (χ1v) is 11.2. The number of benzene rings is 1. The molecule has 0 unspecified atom stereocenters. The number of aromatic nitrogens is 1. The quantitative estimate of drug-likeness (QED) is 0.745. The van der Waals surface area contributed by atoms with E-state index in [0.717, 1.165) is 56.8 Å². The smallest absolute Gasteiger partial charge is 0.223 e. The van der Waals surface area contributed by atoms with Gasteiger partial charge in [0.05, 0.1) is 18.8 Å². The summed E-state index contributed by atoms with van der Waals surface area (Å²) >= 11 is 0. The number of amides is 1. The SMILES string of the molecule is COc1ccc(C)cc1CN1CCC[C@H]([C@H](NC(=O)C2CCC2)c2ccccn2)C1. The van der Waals surface area contributed by atoms with Gasteiger partial charge >= 0.3 is 0 Å². The van der Waals surface area contributed by atoms with Crippen molar-refractivity contribution in [1.82, 2.24) is 15.2 Å². The number of hydrogen-bond acceptors (Lipinski definition) is 4. The summed E-state index contributed by atoms with van der Waals surface area (Å²) in [7, 11) is 1.74. The number of ether oxygens (including phenoxy) is 1. The topological polar surface area (TPSA) is 54.5 Å². The van der Waals surface area contributed by atoms with Crippen LogP contribution in [0, 0.1) is 18.8 Å². The Balaban J connectivity index is 1.50. The van der Waals surface area contributed by atoms with Crippen molar-refractivity contribution < 1.29 is 9.53 Å². The van der Waals surface area contributed by atoms with Crippen LogP contribution in [0.15, 0.2) is 42.6 Å². The van der Waals surface area contributed by atoms with Crippen LogP contribution in [0.3, 0.4) is 0 Å². The summed E-state index contributed by atoms with van der Waals surface area (Å²) in [4.78, 5) is 19.9. The molecule has 2 atom stereocenters. The Labute approximate surface area is 179 Å². The molecule has 1 amide bonds. The largest absolute Gasteiger partial charge is 0.496 e. The summed E-state index contributed by atoms with van der Waals surface area (Å²) in [6, 6.07) is 12.3. The minimum atomic E-state index is -0.0264. The number of aryl methyl sites for hydroxylation is 1. The number of likely N-dealkylation sites (tertiary alicyclic amines) is 1. The third kappa shape index (κ3) is 4.84. The van der Waals surface area contributed by atoms with Gasteiger partial charge in [-0.25, -0.2) is 0 Å². The molecular weight excluding hydrogens is 374 g/mol. The molecule has 1 aromatic heterocycles. The third-order valence-corrected chi connectivity index (χ3v) is 6.62. The van der Waals surface area contributed by atoms with Crippen molar-refractivity contribution in [1.29, 1.82) is 0 Å². The fraction of sp³-hybridized carbons (Fsp3) is 0.520. The lowest BCUT2D eigenvalue weighted by atomic mass is 9.83. The van der Waals surface area contributed by atoms with E-state index < -0.39 is 0 Å². The molecule has 1 aliphatic carbocycles. The minimum absolute atomic E-state index is 0.0264. The minimum Gasteiger partial charge on any atom is -0.496 e. The summed E-state index contributed by atoms with van der Waals surface area (Å²) in [5.74, 6) is 1.69. The molecule has 1 saturated heterocycles. The molecule has 0 bridgehead atoms. The maximum atomic E-state index is 12.8. The molecule has 30 heavy (non-hydrogen) atoms. The molecule has 0 spiro atoms. The van der Waals surface area contributed by atoms with Gasteiger partial charge in [0, 0.05) is 30.8 Å². The van der Waals surface area contributed by atoms with Gasteiger partial charge in [0.2, 0.25) is 5.91 Å². The van der Waals surface area contributed by atoms with Gasteiger partial charge in [-0.05, 0) is 63.3 Å². The van der Waals surface area contributed by atoms with Crippen molar-refractivity contribution in [2.24, 2.45) is 11.8 Å². The number of carbonyl (C=O) groups excluding carboxylic acids is 1. The number of methoxy groups -OCH3 is 1. The fourth-order valence-corrected chi connectivity index (χ4v) is 4.71. The maximum absolute atomic E-state index is 12.8. The molecule has 2 aliphatic rings. The van der Waals surface area contributed by atoms with Crippen LogP contribution in [-0.2, 0) is 11.3 Å². The molecule has 4 rings (SSSR count). The molecule has 1 aromatic carbocycles. The second kappa shape index (κ2) is 9.61. The lowest BCUT2D eigenvalue weighted by molar-refractivity contribution is -0.128. The van der Waals surface area contributed by atoms with E-state index >= 15 is 0 Å². The number of piperidine rings is 1. The van der Waals surface area contributed by atoms with Crippen LogP contribution in [0.5, 0.6) is 5.75 Å². The molecule has 2 heterocycles. The number of rotatable bonds is 7. The Hall–Kier alpha value is -2.40. The molecule has 1 aliphatic heterocycles. The molecule has 5 nitrogen and oxygen atoms in total. The van der Waals surface area contributed by atoms with Crippen LogP contribution < -0.4 is 10.1 Å². The summed E-state index contributed by atoms with van der Waals surface area (Å²) < 4.78 is 5.59.